The highest BCUT2D eigenvalue weighted by molar-refractivity contribution is 5.68. The minimum atomic E-state index is -0.916. The maximum absolute atomic E-state index is 10.6. The molecule has 0 radical (unpaired) electrons. The minimum Gasteiger partial charge on any atom is -0.489 e. The van der Waals surface area contributed by atoms with Crippen LogP contribution in [-0.2, 0) is 29.0 Å². The second kappa shape index (κ2) is 7.49. The number of rotatable bonds is 6. The zero-order chi connectivity index (χ0) is 16.9. The van der Waals surface area contributed by atoms with E-state index in [1.54, 1.807) is 0 Å². The topological polar surface area (TPSA) is 55.8 Å². The van der Waals surface area contributed by atoms with E-state index in [0.29, 0.717) is 6.61 Å². The summed E-state index contributed by atoms with van der Waals surface area (Å²) in [5.41, 5.74) is 4.89. The third-order valence-corrected chi connectivity index (χ3v) is 4.33. The molecule has 0 aliphatic heterocycles. The monoisotopic (exact) mass is 326 g/mol. The normalized spacial score (nSPS) is 16.5. The summed E-state index contributed by atoms with van der Waals surface area (Å²) in [6.07, 6.45) is 2.50. The quantitative estimate of drug-likeness (QED) is 0.882. The summed E-state index contributed by atoms with van der Waals surface area (Å²) >= 11 is 0. The second-order valence-electron chi connectivity index (χ2n) is 6.27. The van der Waals surface area contributed by atoms with Gasteiger partial charge in [-0.15, -0.1) is 0 Å². The molecule has 4 nitrogen and oxygen atoms in total. The van der Waals surface area contributed by atoms with Crippen molar-refractivity contribution in [1.29, 1.82) is 0 Å². The Hall–Kier alpha value is -2.33. The molecule has 1 aliphatic rings. The van der Waals surface area contributed by atoms with Crippen LogP contribution in [0.3, 0.4) is 0 Å². The molecule has 0 aromatic heterocycles. The number of aryl methyl sites for hydroxylation is 2. The number of carboxylic acid groups (broad SMARTS) is 1. The van der Waals surface area contributed by atoms with Gasteiger partial charge in [0.15, 0.2) is 0 Å². The van der Waals surface area contributed by atoms with E-state index in [0.717, 1.165) is 30.6 Å². The van der Waals surface area contributed by atoms with Gasteiger partial charge in [-0.3, -0.25) is 0 Å². The predicted octanol–water partition coefficient (Wildman–Crippen LogP) is 3.53. The van der Waals surface area contributed by atoms with Gasteiger partial charge in [0.05, 0.1) is 6.10 Å². The first-order valence-corrected chi connectivity index (χ1v) is 8.24. The van der Waals surface area contributed by atoms with Gasteiger partial charge in [0.25, 0.3) is 0 Å². The van der Waals surface area contributed by atoms with Crippen LogP contribution in [0.4, 0.5) is 0 Å². The van der Waals surface area contributed by atoms with Crippen molar-refractivity contribution < 1.29 is 19.4 Å². The number of hydrogen-bond acceptors (Lipinski definition) is 3. The van der Waals surface area contributed by atoms with E-state index in [4.69, 9.17) is 14.6 Å². The molecule has 0 spiro atoms. The Morgan fingerprint density at radius 2 is 1.96 bits per heavy atom. The smallest absolute Gasteiger partial charge is 0.329 e. The van der Waals surface area contributed by atoms with Crippen LogP contribution >= 0.6 is 0 Å². The zero-order valence-electron chi connectivity index (χ0n) is 13.8. The molecular formula is C20H22O4. The van der Waals surface area contributed by atoms with Gasteiger partial charge in [0.2, 0.25) is 0 Å². The minimum absolute atomic E-state index is 0.00655. The van der Waals surface area contributed by atoms with E-state index < -0.39 is 5.97 Å². The highest BCUT2D eigenvalue weighted by Gasteiger charge is 2.20. The summed E-state index contributed by atoms with van der Waals surface area (Å²) in [6, 6.07) is 14.5. The molecule has 0 fully saturated rings. The Kier molecular flexibility index (Phi) is 5.16. The molecule has 1 aliphatic carbocycles. The molecule has 0 heterocycles. The van der Waals surface area contributed by atoms with Gasteiger partial charge in [-0.2, -0.15) is 0 Å². The van der Waals surface area contributed by atoms with Crippen LogP contribution in [0.5, 0.6) is 5.75 Å². The lowest BCUT2D eigenvalue weighted by molar-refractivity contribution is -0.144. The van der Waals surface area contributed by atoms with Crippen LogP contribution < -0.4 is 4.74 Å². The van der Waals surface area contributed by atoms with Crippen LogP contribution in [0.25, 0.3) is 0 Å². The van der Waals surface area contributed by atoms with Gasteiger partial charge in [-0.1, -0.05) is 35.9 Å². The number of aliphatic carboxylic acids is 1. The van der Waals surface area contributed by atoms with E-state index in [-0.39, 0.29) is 12.7 Å². The molecular weight excluding hydrogens is 304 g/mol. The molecule has 1 unspecified atom stereocenters. The van der Waals surface area contributed by atoms with Gasteiger partial charge in [-0.05, 0) is 55.0 Å². The summed E-state index contributed by atoms with van der Waals surface area (Å²) in [7, 11) is 0. The maximum Gasteiger partial charge on any atom is 0.329 e. The fourth-order valence-electron chi connectivity index (χ4n) is 2.97. The van der Waals surface area contributed by atoms with Crippen molar-refractivity contribution in [3.8, 4) is 5.75 Å². The summed E-state index contributed by atoms with van der Waals surface area (Å²) < 4.78 is 11.3. The predicted molar refractivity (Wildman–Crippen MR) is 91.4 cm³/mol. The third-order valence-electron chi connectivity index (χ3n) is 4.33. The average Bonchev–Trinajstić information content (AvgIpc) is 2.59. The van der Waals surface area contributed by atoms with Gasteiger partial charge in [0, 0.05) is 0 Å². The molecule has 24 heavy (non-hydrogen) atoms. The van der Waals surface area contributed by atoms with Crippen molar-refractivity contribution in [3.63, 3.8) is 0 Å². The summed E-state index contributed by atoms with van der Waals surface area (Å²) in [6.45, 7) is 2.41. The molecule has 2 aromatic carbocycles. The molecule has 0 saturated heterocycles. The average molecular weight is 326 g/mol. The van der Waals surface area contributed by atoms with Crippen molar-refractivity contribution in [2.75, 3.05) is 6.61 Å². The highest BCUT2D eigenvalue weighted by Crippen LogP contribution is 2.27. The molecule has 4 heteroatoms. The Labute approximate surface area is 142 Å². The molecule has 2 aromatic rings. The summed E-state index contributed by atoms with van der Waals surface area (Å²) in [5.74, 6) is -0.0418. The van der Waals surface area contributed by atoms with Crippen molar-refractivity contribution in [1.82, 2.24) is 0 Å². The zero-order valence-corrected chi connectivity index (χ0v) is 13.8. The third kappa shape index (κ3) is 4.36. The molecule has 3 rings (SSSR count). The van der Waals surface area contributed by atoms with Gasteiger partial charge in [-0.25, -0.2) is 4.79 Å². The number of fused-ring (bicyclic) bond motifs is 1. The SMILES string of the molecule is Cc1ccc(COc2ccc3c(c2)CCC(OCC(=O)O)C3)cc1. The second-order valence-corrected chi connectivity index (χ2v) is 6.27. The number of hydrogen-bond donors (Lipinski definition) is 1. The van der Waals surface area contributed by atoms with Crippen molar-refractivity contribution >= 4 is 5.97 Å². The molecule has 0 saturated carbocycles. The summed E-state index contributed by atoms with van der Waals surface area (Å²) in [5, 5.41) is 8.70. The van der Waals surface area contributed by atoms with E-state index in [1.807, 2.05) is 6.07 Å². The number of carbonyl (C=O) groups is 1. The first-order chi connectivity index (χ1) is 11.6. The van der Waals surface area contributed by atoms with Crippen LogP contribution in [-0.4, -0.2) is 23.8 Å². The van der Waals surface area contributed by atoms with Crippen molar-refractivity contribution in [2.45, 2.75) is 38.9 Å². The largest absolute Gasteiger partial charge is 0.489 e. The van der Waals surface area contributed by atoms with Crippen LogP contribution in [0.2, 0.25) is 0 Å². The standard InChI is InChI=1S/C20H22O4/c1-14-2-4-15(5-3-14)12-23-18-8-6-17-11-19(24-13-20(21)22)9-7-16(17)10-18/h2-6,8,10,19H,7,9,11-13H2,1H3,(H,21,22). The summed E-state index contributed by atoms with van der Waals surface area (Å²) in [4.78, 5) is 10.6. The lowest BCUT2D eigenvalue weighted by atomic mass is 9.89. The molecule has 126 valence electrons. The number of benzene rings is 2. The van der Waals surface area contributed by atoms with Crippen molar-refractivity contribution in [2.24, 2.45) is 0 Å². The van der Waals surface area contributed by atoms with Gasteiger partial charge in [0.1, 0.15) is 19.0 Å². The van der Waals surface area contributed by atoms with Gasteiger partial charge >= 0.3 is 5.97 Å². The van der Waals surface area contributed by atoms with E-state index >= 15 is 0 Å². The fraction of sp³-hybridized carbons (Fsp3) is 0.350. The Bertz CT molecular complexity index is 706. The first kappa shape index (κ1) is 16.5. The Balaban J connectivity index is 1.58. The van der Waals surface area contributed by atoms with Crippen LogP contribution in [0, 0.1) is 6.92 Å². The highest BCUT2D eigenvalue weighted by atomic mass is 16.5. The Morgan fingerprint density at radius 1 is 1.17 bits per heavy atom. The van der Waals surface area contributed by atoms with E-state index in [1.165, 1.54) is 16.7 Å². The lowest BCUT2D eigenvalue weighted by Gasteiger charge is -2.24. The fourth-order valence-corrected chi connectivity index (χ4v) is 2.97. The van der Waals surface area contributed by atoms with Crippen molar-refractivity contribution in [3.05, 3.63) is 64.7 Å². The lowest BCUT2D eigenvalue weighted by Crippen LogP contribution is -2.25. The van der Waals surface area contributed by atoms with Crippen LogP contribution in [0.15, 0.2) is 42.5 Å². The number of ether oxygens (including phenoxy) is 2. The first-order valence-electron chi connectivity index (χ1n) is 8.24. The molecule has 0 amide bonds. The van der Waals surface area contributed by atoms with Gasteiger partial charge < -0.3 is 14.6 Å². The molecule has 1 N–H and O–H groups in total. The van der Waals surface area contributed by atoms with E-state index in [2.05, 4.69) is 43.3 Å². The maximum atomic E-state index is 10.6. The van der Waals surface area contributed by atoms with Crippen LogP contribution in [0.1, 0.15) is 28.7 Å². The molecule has 1 atom stereocenters. The molecule has 0 bridgehead atoms. The Morgan fingerprint density at radius 3 is 2.71 bits per heavy atom. The van der Waals surface area contributed by atoms with E-state index in [9.17, 15) is 4.79 Å². The number of carboxylic acids is 1.